The van der Waals surface area contributed by atoms with Crippen molar-refractivity contribution >= 4 is 28.3 Å². The lowest BCUT2D eigenvalue weighted by atomic mass is 10.2. The molecule has 0 unspecified atom stereocenters. The fraction of sp³-hybridized carbons (Fsp3) is 0.133. The lowest BCUT2D eigenvalue weighted by molar-refractivity contribution is 0.251. The van der Waals surface area contributed by atoms with Gasteiger partial charge < -0.3 is 15.2 Å². The van der Waals surface area contributed by atoms with Crippen LogP contribution in [-0.2, 0) is 6.54 Å². The molecule has 0 aliphatic rings. The molecule has 0 aliphatic carbocycles. The molecule has 1 aromatic carbocycles. The molecule has 0 spiro atoms. The summed E-state index contributed by atoms with van der Waals surface area (Å²) in [5, 5.41) is 14.8. The van der Waals surface area contributed by atoms with Gasteiger partial charge in [-0.1, -0.05) is 35.5 Å². The number of nitrogens with one attached hydrogen (secondary N) is 3. The monoisotopic (exact) mass is 329 g/mol. The Morgan fingerprint density at radius 3 is 2.87 bits per heavy atom. The summed E-state index contributed by atoms with van der Waals surface area (Å²) in [6, 6.07) is 10.9. The molecule has 3 rings (SSSR count). The van der Waals surface area contributed by atoms with Crippen LogP contribution in [0.1, 0.15) is 5.69 Å². The summed E-state index contributed by atoms with van der Waals surface area (Å²) in [5.74, 6) is 0.953. The molecule has 118 valence electrons. The van der Waals surface area contributed by atoms with Crippen LogP contribution in [0.5, 0.6) is 0 Å². The largest absolute Gasteiger partial charge is 0.365 e. The first-order chi connectivity index (χ1) is 11.2. The zero-order valence-corrected chi connectivity index (χ0v) is 13.2. The molecule has 2 heterocycles. The molecule has 0 saturated heterocycles. The zero-order chi connectivity index (χ0) is 16.1. The number of urea groups is 1. The van der Waals surface area contributed by atoms with E-state index in [9.17, 15) is 4.79 Å². The Balaban J connectivity index is 1.55. The normalized spacial score (nSPS) is 10.3. The Bertz CT molecular complexity index is 784. The molecule has 3 aromatic rings. The van der Waals surface area contributed by atoms with E-state index in [0.29, 0.717) is 18.1 Å². The van der Waals surface area contributed by atoms with Crippen molar-refractivity contribution in [3.63, 3.8) is 0 Å². The van der Waals surface area contributed by atoms with Gasteiger partial charge in [0.05, 0.1) is 12.2 Å². The summed E-state index contributed by atoms with van der Waals surface area (Å²) in [4.78, 5) is 16.1. The third-order valence-corrected chi connectivity index (χ3v) is 3.91. The number of rotatable bonds is 5. The average molecular weight is 329 g/mol. The SMILES string of the molecule is CNc1nc(CNC(=O)Nc2cc(-c3ccccc3)on2)cs1. The van der Waals surface area contributed by atoms with Crippen molar-refractivity contribution in [2.75, 3.05) is 17.7 Å². The van der Waals surface area contributed by atoms with Gasteiger partial charge in [0.25, 0.3) is 0 Å². The van der Waals surface area contributed by atoms with E-state index in [-0.39, 0.29) is 6.03 Å². The van der Waals surface area contributed by atoms with Crippen LogP contribution < -0.4 is 16.0 Å². The number of benzene rings is 1. The lowest BCUT2D eigenvalue weighted by Gasteiger charge is -2.02. The van der Waals surface area contributed by atoms with Crippen LogP contribution in [0.2, 0.25) is 0 Å². The highest BCUT2D eigenvalue weighted by molar-refractivity contribution is 7.13. The molecule has 0 radical (unpaired) electrons. The van der Waals surface area contributed by atoms with E-state index >= 15 is 0 Å². The number of amides is 2. The van der Waals surface area contributed by atoms with Gasteiger partial charge in [-0.3, -0.25) is 5.32 Å². The number of aromatic nitrogens is 2. The van der Waals surface area contributed by atoms with Crippen molar-refractivity contribution in [2.24, 2.45) is 0 Å². The molecule has 0 bridgehead atoms. The van der Waals surface area contributed by atoms with Gasteiger partial charge in [-0.2, -0.15) is 0 Å². The van der Waals surface area contributed by atoms with Crippen molar-refractivity contribution < 1.29 is 9.32 Å². The van der Waals surface area contributed by atoms with Gasteiger partial charge in [-0.05, 0) is 0 Å². The second kappa shape index (κ2) is 6.93. The number of hydrogen-bond donors (Lipinski definition) is 3. The minimum absolute atomic E-state index is 0.341. The second-order valence-corrected chi connectivity index (χ2v) is 5.50. The van der Waals surface area contributed by atoms with Crippen LogP contribution in [0.3, 0.4) is 0 Å². The molecular formula is C15H15N5O2S. The summed E-state index contributed by atoms with van der Waals surface area (Å²) in [6.07, 6.45) is 0. The summed E-state index contributed by atoms with van der Waals surface area (Å²) in [7, 11) is 1.80. The van der Waals surface area contributed by atoms with Crippen LogP contribution in [0, 0.1) is 0 Å². The number of hydrogen-bond acceptors (Lipinski definition) is 6. The van der Waals surface area contributed by atoms with E-state index in [1.54, 1.807) is 13.1 Å². The number of carbonyl (C=O) groups is 1. The van der Waals surface area contributed by atoms with Crippen molar-refractivity contribution in [1.82, 2.24) is 15.5 Å². The molecule has 2 aromatic heterocycles. The van der Waals surface area contributed by atoms with Gasteiger partial charge in [-0.15, -0.1) is 11.3 Å². The highest BCUT2D eigenvalue weighted by atomic mass is 32.1. The maximum Gasteiger partial charge on any atom is 0.320 e. The van der Waals surface area contributed by atoms with E-state index in [2.05, 4.69) is 26.1 Å². The summed E-state index contributed by atoms with van der Waals surface area (Å²) in [5.41, 5.74) is 1.69. The van der Waals surface area contributed by atoms with Crippen molar-refractivity contribution in [1.29, 1.82) is 0 Å². The van der Waals surface area contributed by atoms with Crippen LogP contribution >= 0.6 is 11.3 Å². The van der Waals surface area contributed by atoms with Gasteiger partial charge in [-0.25, -0.2) is 9.78 Å². The zero-order valence-electron chi connectivity index (χ0n) is 12.4. The van der Waals surface area contributed by atoms with Gasteiger partial charge in [0.2, 0.25) is 0 Å². The maximum atomic E-state index is 11.9. The highest BCUT2D eigenvalue weighted by Crippen LogP contribution is 2.21. The van der Waals surface area contributed by atoms with Crippen LogP contribution in [-0.4, -0.2) is 23.2 Å². The van der Waals surface area contributed by atoms with Gasteiger partial charge >= 0.3 is 6.03 Å². The van der Waals surface area contributed by atoms with Gasteiger partial charge in [0, 0.05) is 24.1 Å². The summed E-state index contributed by atoms with van der Waals surface area (Å²) in [6.45, 7) is 0.341. The molecule has 0 aliphatic heterocycles. The Morgan fingerprint density at radius 2 is 2.13 bits per heavy atom. The third-order valence-electron chi connectivity index (χ3n) is 3.01. The predicted molar refractivity (Wildman–Crippen MR) is 89.5 cm³/mol. The van der Waals surface area contributed by atoms with Crippen molar-refractivity contribution in [2.45, 2.75) is 6.54 Å². The molecule has 8 heteroatoms. The van der Waals surface area contributed by atoms with Crippen LogP contribution in [0.4, 0.5) is 15.7 Å². The number of carbonyl (C=O) groups excluding carboxylic acids is 1. The number of nitrogens with zero attached hydrogens (tertiary/aromatic N) is 2. The third kappa shape index (κ3) is 3.86. The topological polar surface area (TPSA) is 92.1 Å². The highest BCUT2D eigenvalue weighted by Gasteiger charge is 2.09. The van der Waals surface area contributed by atoms with Crippen molar-refractivity contribution in [3.05, 3.63) is 47.5 Å². The fourth-order valence-corrected chi connectivity index (χ4v) is 2.58. The average Bonchev–Trinajstić information content (AvgIpc) is 3.23. The van der Waals surface area contributed by atoms with Crippen LogP contribution in [0.25, 0.3) is 11.3 Å². The first-order valence-corrected chi connectivity index (χ1v) is 7.81. The van der Waals surface area contributed by atoms with E-state index < -0.39 is 0 Å². The van der Waals surface area contributed by atoms with Crippen molar-refractivity contribution in [3.8, 4) is 11.3 Å². The fourth-order valence-electron chi connectivity index (χ4n) is 1.91. The first-order valence-electron chi connectivity index (χ1n) is 6.94. The first kappa shape index (κ1) is 15.0. The number of thiazole rings is 1. The Hall–Kier alpha value is -2.87. The maximum absolute atomic E-state index is 11.9. The van der Waals surface area contributed by atoms with Crippen LogP contribution in [0.15, 0.2) is 46.3 Å². The molecule has 2 amide bonds. The van der Waals surface area contributed by atoms with E-state index in [1.165, 1.54) is 11.3 Å². The summed E-state index contributed by atoms with van der Waals surface area (Å²) < 4.78 is 5.22. The Labute approximate surface area is 136 Å². The summed E-state index contributed by atoms with van der Waals surface area (Å²) >= 11 is 1.48. The smallest absolute Gasteiger partial charge is 0.320 e. The number of anilines is 2. The Morgan fingerprint density at radius 1 is 1.30 bits per heavy atom. The molecule has 23 heavy (non-hydrogen) atoms. The molecule has 0 fully saturated rings. The van der Waals surface area contributed by atoms with Gasteiger partial charge in [0.1, 0.15) is 0 Å². The molecule has 0 saturated carbocycles. The van der Waals surface area contributed by atoms with E-state index in [0.717, 1.165) is 16.4 Å². The minimum Gasteiger partial charge on any atom is -0.365 e. The van der Waals surface area contributed by atoms with E-state index in [4.69, 9.17) is 4.52 Å². The van der Waals surface area contributed by atoms with Gasteiger partial charge in [0.15, 0.2) is 16.7 Å². The Kier molecular flexibility index (Phi) is 4.53. The second-order valence-electron chi connectivity index (χ2n) is 4.64. The molecule has 3 N–H and O–H groups in total. The predicted octanol–water partition coefficient (Wildman–Crippen LogP) is 3.16. The lowest BCUT2D eigenvalue weighted by Crippen LogP contribution is -2.28. The van der Waals surface area contributed by atoms with E-state index in [1.807, 2.05) is 35.7 Å². The molecule has 7 nitrogen and oxygen atoms in total. The molecular weight excluding hydrogens is 314 g/mol. The molecule has 0 atom stereocenters. The quantitative estimate of drug-likeness (QED) is 0.669. The standard InChI is InChI=1S/C15H15N5O2S/c1-16-15-18-11(9-23-15)8-17-14(21)19-13-7-12(22-20-13)10-5-3-2-4-6-10/h2-7,9H,8H2,1H3,(H,16,18)(H2,17,19,20,21). The minimum atomic E-state index is -0.364.